The summed E-state index contributed by atoms with van der Waals surface area (Å²) in [5.74, 6) is 6.51. The Morgan fingerprint density at radius 2 is 1.92 bits per heavy atom. The summed E-state index contributed by atoms with van der Waals surface area (Å²) >= 11 is 0. The quantitative estimate of drug-likeness (QED) is 0.434. The van der Waals surface area contributed by atoms with Crippen LogP contribution in [0.5, 0.6) is 5.88 Å². The molecule has 1 aromatic carbocycles. The molecule has 0 aliphatic rings. The zero-order valence-electron chi connectivity index (χ0n) is 14.9. The van der Waals surface area contributed by atoms with Gasteiger partial charge in [-0.15, -0.1) is 0 Å². The molecule has 6 nitrogen and oxygen atoms in total. The molecule has 0 aliphatic heterocycles. The minimum absolute atomic E-state index is 0.422. The van der Waals surface area contributed by atoms with E-state index >= 15 is 0 Å². The van der Waals surface area contributed by atoms with Gasteiger partial charge in [0.15, 0.2) is 11.3 Å². The maximum Gasteiger partial charge on any atom is 0.249 e. The topological polar surface area (TPSA) is 77.2 Å². The van der Waals surface area contributed by atoms with Crippen LogP contribution in [0.1, 0.15) is 17.7 Å². The van der Waals surface area contributed by atoms with Gasteiger partial charge in [-0.2, -0.15) is 0 Å². The first-order valence-electron chi connectivity index (χ1n) is 8.40. The SMILES string of the molecule is CN(C)CCCOc1nc2cccnc2nc1C#Cc1ccccc1N. The van der Waals surface area contributed by atoms with E-state index in [1.54, 1.807) is 6.20 Å². The maximum atomic E-state index is 5.95. The van der Waals surface area contributed by atoms with Gasteiger partial charge in [0.1, 0.15) is 5.52 Å². The van der Waals surface area contributed by atoms with Gasteiger partial charge in [-0.3, -0.25) is 0 Å². The van der Waals surface area contributed by atoms with Gasteiger partial charge in [-0.1, -0.05) is 18.1 Å². The van der Waals surface area contributed by atoms with Gasteiger partial charge >= 0.3 is 0 Å². The fourth-order valence-corrected chi connectivity index (χ4v) is 2.35. The molecule has 0 aliphatic carbocycles. The van der Waals surface area contributed by atoms with Crippen molar-refractivity contribution in [1.29, 1.82) is 0 Å². The van der Waals surface area contributed by atoms with E-state index in [1.165, 1.54) is 0 Å². The Morgan fingerprint density at radius 3 is 2.73 bits per heavy atom. The second-order valence-corrected chi connectivity index (χ2v) is 6.07. The second kappa shape index (κ2) is 8.28. The number of aromatic nitrogens is 3. The van der Waals surface area contributed by atoms with Crippen molar-refractivity contribution < 1.29 is 4.74 Å². The Bertz CT molecular complexity index is 959. The largest absolute Gasteiger partial charge is 0.476 e. The molecular weight excluding hydrogens is 326 g/mol. The van der Waals surface area contributed by atoms with Crippen molar-refractivity contribution in [3.05, 3.63) is 53.9 Å². The molecule has 0 radical (unpaired) electrons. The molecule has 0 unspecified atom stereocenters. The van der Waals surface area contributed by atoms with E-state index in [9.17, 15) is 0 Å². The minimum atomic E-state index is 0.422. The third kappa shape index (κ3) is 4.47. The summed E-state index contributed by atoms with van der Waals surface area (Å²) in [7, 11) is 4.06. The number of nitrogens with zero attached hydrogens (tertiary/aromatic N) is 4. The Kier molecular flexibility index (Phi) is 5.62. The predicted molar refractivity (Wildman–Crippen MR) is 103 cm³/mol. The van der Waals surface area contributed by atoms with Gasteiger partial charge in [-0.25, -0.2) is 15.0 Å². The molecule has 26 heavy (non-hydrogen) atoms. The highest BCUT2D eigenvalue weighted by atomic mass is 16.5. The van der Waals surface area contributed by atoms with Crippen LogP contribution >= 0.6 is 0 Å². The fraction of sp³-hybridized carbons (Fsp3) is 0.250. The Labute approximate surface area is 153 Å². The molecule has 0 spiro atoms. The Hall–Kier alpha value is -3.17. The average molecular weight is 347 g/mol. The normalized spacial score (nSPS) is 10.6. The van der Waals surface area contributed by atoms with E-state index in [0.29, 0.717) is 35.0 Å². The molecule has 132 valence electrons. The van der Waals surface area contributed by atoms with E-state index in [1.807, 2.05) is 50.5 Å². The fourth-order valence-electron chi connectivity index (χ4n) is 2.35. The van der Waals surface area contributed by atoms with Crippen LogP contribution in [0.4, 0.5) is 5.69 Å². The van der Waals surface area contributed by atoms with Crippen LogP contribution in [-0.2, 0) is 0 Å². The van der Waals surface area contributed by atoms with Crippen molar-refractivity contribution in [1.82, 2.24) is 19.9 Å². The number of para-hydroxylation sites is 1. The van der Waals surface area contributed by atoms with Crippen molar-refractivity contribution >= 4 is 16.9 Å². The number of nitrogens with two attached hydrogens (primary N) is 1. The lowest BCUT2D eigenvalue weighted by Crippen LogP contribution is -2.16. The molecule has 0 atom stereocenters. The van der Waals surface area contributed by atoms with Crippen molar-refractivity contribution in [3.8, 4) is 17.7 Å². The molecule has 0 saturated heterocycles. The second-order valence-electron chi connectivity index (χ2n) is 6.07. The first-order valence-corrected chi connectivity index (χ1v) is 8.40. The number of pyridine rings is 1. The van der Waals surface area contributed by atoms with Crippen LogP contribution in [0.15, 0.2) is 42.6 Å². The number of hydrogen-bond acceptors (Lipinski definition) is 6. The van der Waals surface area contributed by atoms with Gasteiger partial charge in [0.05, 0.1) is 6.61 Å². The van der Waals surface area contributed by atoms with Crippen LogP contribution in [0.25, 0.3) is 11.2 Å². The first kappa shape index (κ1) is 17.6. The number of anilines is 1. The molecule has 3 aromatic rings. The smallest absolute Gasteiger partial charge is 0.249 e. The summed E-state index contributed by atoms with van der Waals surface area (Å²) < 4.78 is 5.85. The summed E-state index contributed by atoms with van der Waals surface area (Å²) in [4.78, 5) is 15.4. The number of hydrogen-bond donors (Lipinski definition) is 1. The highest BCUT2D eigenvalue weighted by Gasteiger charge is 2.09. The molecule has 3 rings (SSSR count). The average Bonchev–Trinajstić information content (AvgIpc) is 2.64. The molecule has 0 bridgehead atoms. The van der Waals surface area contributed by atoms with E-state index in [0.717, 1.165) is 18.5 Å². The molecule has 2 heterocycles. The third-order valence-corrected chi connectivity index (χ3v) is 3.67. The van der Waals surface area contributed by atoms with Crippen molar-refractivity contribution in [2.75, 3.05) is 33.0 Å². The lowest BCUT2D eigenvalue weighted by molar-refractivity contribution is 0.272. The maximum absolute atomic E-state index is 5.95. The van der Waals surface area contributed by atoms with Gasteiger partial charge < -0.3 is 15.4 Å². The van der Waals surface area contributed by atoms with Crippen molar-refractivity contribution in [2.45, 2.75) is 6.42 Å². The monoisotopic (exact) mass is 347 g/mol. The summed E-state index contributed by atoms with van der Waals surface area (Å²) in [5.41, 5.74) is 9.01. The zero-order chi connectivity index (χ0) is 18.4. The molecule has 0 fully saturated rings. The standard InChI is InChI=1S/C20H21N5O/c1-25(2)13-6-14-26-20-18(11-10-15-7-3-4-8-16(15)21)23-19-17(24-20)9-5-12-22-19/h3-5,7-9,12H,6,13-14,21H2,1-2H3. The van der Waals surface area contributed by atoms with Gasteiger partial charge in [0.25, 0.3) is 0 Å². The van der Waals surface area contributed by atoms with Crippen LogP contribution in [0, 0.1) is 11.8 Å². The first-order chi connectivity index (χ1) is 12.6. The third-order valence-electron chi connectivity index (χ3n) is 3.67. The van der Waals surface area contributed by atoms with E-state index in [4.69, 9.17) is 10.5 Å². The lowest BCUT2D eigenvalue weighted by Gasteiger charge is -2.11. The van der Waals surface area contributed by atoms with Gasteiger partial charge in [0.2, 0.25) is 5.88 Å². The number of fused-ring (bicyclic) bond motifs is 1. The van der Waals surface area contributed by atoms with Crippen LogP contribution in [0.3, 0.4) is 0 Å². The summed E-state index contributed by atoms with van der Waals surface area (Å²) in [6, 6.07) is 11.1. The van der Waals surface area contributed by atoms with Crippen LogP contribution < -0.4 is 10.5 Å². The van der Waals surface area contributed by atoms with E-state index < -0.39 is 0 Å². The number of benzene rings is 1. The van der Waals surface area contributed by atoms with E-state index in [2.05, 4.69) is 31.7 Å². The summed E-state index contributed by atoms with van der Waals surface area (Å²) in [6.07, 6.45) is 2.57. The Balaban J connectivity index is 1.91. The highest BCUT2D eigenvalue weighted by Crippen LogP contribution is 2.18. The number of ether oxygens (including phenoxy) is 1. The number of nitrogen functional groups attached to an aromatic ring is 1. The Morgan fingerprint density at radius 1 is 1.08 bits per heavy atom. The van der Waals surface area contributed by atoms with Gasteiger partial charge in [0, 0.05) is 24.0 Å². The van der Waals surface area contributed by atoms with Gasteiger partial charge in [-0.05, 0) is 50.7 Å². The highest BCUT2D eigenvalue weighted by molar-refractivity contribution is 5.71. The summed E-state index contributed by atoms with van der Waals surface area (Å²) in [5, 5.41) is 0. The molecule has 2 aromatic heterocycles. The predicted octanol–water partition coefficient (Wildman–Crippen LogP) is 2.34. The molecule has 6 heteroatoms. The molecule has 0 amide bonds. The molecule has 0 saturated carbocycles. The van der Waals surface area contributed by atoms with Crippen molar-refractivity contribution in [2.24, 2.45) is 0 Å². The van der Waals surface area contributed by atoms with E-state index in [-0.39, 0.29) is 0 Å². The zero-order valence-corrected chi connectivity index (χ0v) is 14.9. The minimum Gasteiger partial charge on any atom is -0.476 e. The summed E-state index contributed by atoms with van der Waals surface area (Å²) in [6.45, 7) is 1.48. The molecule has 2 N–H and O–H groups in total. The lowest BCUT2D eigenvalue weighted by atomic mass is 10.2. The van der Waals surface area contributed by atoms with Crippen molar-refractivity contribution in [3.63, 3.8) is 0 Å². The number of rotatable bonds is 5. The van der Waals surface area contributed by atoms with Crippen LogP contribution in [0.2, 0.25) is 0 Å². The molecular formula is C20H21N5O. The van der Waals surface area contributed by atoms with Crippen LogP contribution in [-0.4, -0.2) is 47.1 Å².